The third-order valence-corrected chi connectivity index (χ3v) is 1.59. The van der Waals surface area contributed by atoms with Gasteiger partial charge in [0, 0.05) is 0 Å². The van der Waals surface area contributed by atoms with Crippen LogP contribution in [0.5, 0.6) is 0 Å². The Bertz CT molecular complexity index is 269. The Morgan fingerprint density at radius 3 is 2.27 bits per heavy atom. The first-order valence-electron chi connectivity index (χ1n) is 4.71. The van der Waals surface area contributed by atoms with Gasteiger partial charge in [0.25, 0.3) is 0 Å². The summed E-state index contributed by atoms with van der Waals surface area (Å²) in [7, 11) is 7.75. The summed E-state index contributed by atoms with van der Waals surface area (Å²) in [6, 6.07) is 0. The Balaban J connectivity index is 0.000000336. The molecule has 1 aromatic rings. The number of nitrogens with zero attached hydrogens (tertiary/aromatic N) is 2. The van der Waals surface area contributed by atoms with E-state index in [9.17, 15) is 0 Å². The maximum atomic E-state index is 5.71. The van der Waals surface area contributed by atoms with Crippen molar-refractivity contribution in [3.63, 3.8) is 0 Å². The summed E-state index contributed by atoms with van der Waals surface area (Å²) < 4.78 is 4.28. The van der Waals surface area contributed by atoms with Crippen molar-refractivity contribution in [1.29, 1.82) is 0 Å². The van der Waals surface area contributed by atoms with Crippen molar-refractivity contribution in [1.82, 2.24) is 4.57 Å². The fourth-order valence-corrected chi connectivity index (χ4v) is 0.975. The van der Waals surface area contributed by atoms with Crippen LogP contribution in [0.1, 0.15) is 19.8 Å². The van der Waals surface area contributed by atoms with E-state index in [4.69, 9.17) is 8.58 Å². The first-order valence-corrected chi connectivity index (χ1v) is 37.7. The third-order valence-electron chi connectivity index (χ3n) is 1.59. The second-order valence-electron chi connectivity index (χ2n) is 3.17. The van der Waals surface area contributed by atoms with Gasteiger partial charge >= 0.3 is 69.3 Å². The number of hydrogen-bond acceptors (Lipinski definition) is 0. The van der Waals surface area contributed by atoms with Crippen molar-refractivity contribution in [2.24, 2.45) is 7.05 Å². The zero-order chi connectivity index (χ0) is 11.9. The molecule has 0 fully saturated rings. The van der Waals surface area contributed by atoms with Crippen LogP contribution in [0.25, 0.3) is 0 Å². The zero-order valence-electron chi connectivity index (χ0n) is 8.84. The Kier molecular flexibility index (Phi) is 11.1. The standard InChI is InChI=1S/C8H15N2.ClH.3HI.In/c1-3-4-5-10-7-6-9(2)8-10;;;;;/h6-8H,3-5H2,1-2H3;4*1H;/q+1;;;;;+3/p-4. The van der Waals surface area contributed by atoms with Crippen LogP contribution in [-0.4, -0.2) is 10.9 Å². The van der Waals surface area contributed by atoms with E-state index in [1.54, 1.807) is 0 Å². The van der Waals surface area contributed by atoms with Crippen LogP contribution in [0.2, 0.25) is 0 Å². The molecule has 15 heavy (non-hydrogen) atoms. The Morgan fingerprint density at radius 2 is 1.93 bits per heavy atom. The van der Waals surface area contributed by atoms with Crippen molar-refractivity contribution < 1.29 is 4.57 Å². The van der Waals surface area contributed by atoms with Crippen molar-refractivity contribution >= 4 is 69.3 Å². The monoisotopic (exact) mass is 670 g/mol. The van der Waals surface area contributed by atoms with E-state index in [2.05, 4.69) is 89.2 Å². The first kappa shape index (κ1) is 17.6. The molecule has 0 aromatic carbocycles. The number of halogens is 4. The predicted molar refractivity (Wildman–Crippen MR) is 94.2 cm³/mol. The summed E-state index contributed by atoms with van der Waals surface area (Å²) in [6.45, 7) is 3.36. The maximum absolute atomic E-state index is 5.71. The van der Waals surface area contributed by atoms with Gasteiger partial charge in [-0.1, -0.05) is 13.3 Å². The van der Waals surface area contributed by atoms with Crippen molar-refractivity contribution in [2.75, 3.05) is 0 Å². The summed E-state index contributed by atoms with van der Waals surface area (Å²) >= 11 is 7.01. The molecular weight excluding hydrogens is 655 g/mol. The van der Waals surface area contributed by atoms with Gasteiger partial charge in [0.2, 0.25) is 6.33 Å². The Morgan fingerprint density at radius 1 is 1.40 bits per heavy atom. The van der Waals surface area contributed by atoms with Gasteiger partial charge in [0.15, 0.2) is 0 Å². The number of aryl methyl sites for hydroxylation is 2. The van der Waals surface area contributed by atoms with Gasteiger partial charge < -0.3 is 0 Å². The summed E-state index contributed by atoms with van der Waals surface area (Å²) in [4.78, 5) is 0. The van der Waals surface area contributed by atoms with E-state index >= 15 is 0 Å². The molecule has 0 aliphatic rings. The molecule has 1 rings (SSSR count). The number of rotatable bonds is 3. The van der Waals surface area contributed by atoms with Gasteiger partial charge in [-0.2, -0.15) is 0 Å². The van der Waals surface area contributed by atoms with Gasteiger partial charge in [0.05, 0.1) is 13.6 Å². The van der Waals surface area contributed by atoms with E-state index in [-0.39, 0.29) is 0 Å². The molecular formula is C8H15ClI3InN2. The van der Waals surface area contributed by atoms with Crippen LogP contribution >= 0.6 is 63.0 Å². The Hall–Kier alpha value is 2.56. The summed E-state index contributed by atoms with van der Waals surface area (Å²) in [5.41, 5.74) is 0. The molecule has 0 atom stereocenters. The predicted octanol–water partition coefficient (Wildman–Crippen LogP) is 4.08. The fourth-order valence-electron chi connectivity index (χ4n) is 0.975. The molecule has 1 heterocycles. The van der Waals surface area contributed by atoms with Gasteiger partial charge in [-0.3, -0.25) is 0 Å². The number of aromatic nitrogens is 2. The minimum absolute atomic E-state index is 1.15. The second kappa shape index (κ2) is 9.49. The molecule has 0 saturated carbocycles. The van der Waals surface area contributed by atoms with Crippen LogP contribution < -0.4 is 4.57 Å². The summed E-state index contributed by atoms with van der Waals surface area (Å²) in [5, 5.41) is 0. The van der Waals surface area contributed by atoms with Gasteiger partial charge in [-0.05, 0) is 6.42 Å². The molecule has 2 nitrogen and oxygen atoms in total. The van der Waals surface area contributed by atoms with E-state index in [0.717, 1.165) is 6.54 Å². The summed E-state index contributed by atoms with van der Waals surface area (Å²) in [5.74, 6) is 0. The van der Waals surface area contributed by atoms with Crippen molar-refractivity contribution in [3.05, 3.63) is 18.7 Å². The van der Waals surface area contributed by atoms with Crippen molar-refractivity contribution in [3.8, 4) is 0 Å². The van der Waals surface area contributed by atoms with Crippen LogP contribution in [0.15, 0.2) is 18.7 Å². The molecule has 0 bridgehead atoms. The van der Waals surface area contributed by atoms with Gasteiger partial charge in [0.1, 0.15) is 12.4 Å². The molecule has 0 aliphatic carbocycles. The topological polar surface area (TPSA) is 8.81 Å². The molecule has 0 unspecified atom stereocenters. The van der Waals surface area contributed by atoms with Crippen LogP contribution in [0.3, 0.4) is 0 Å². The molecule has 0 N–H and O–H groups in total. The van der Waals surface area contributed by atoms with E-state index < -0.39 is 6.32 Å². The Labute approximate surface area is 128 Å². The SMILES string of the molecule is CCCCn1cc[n+](C)c1.[Cl][In-]([I])([I])[I]. The van der Waals surface area contributed by atoms with E-state index in [0.29, 0.717) is 0 Å². The molecule has 0 amide bonds. The summed E-state index contributed by atoms with van der Waals surface area (Å²) in [6.07, 6.45) is 6.94. The van der Waals surface area contributed by atoms with Crippen LogP contribution in [-0.2, 0) is 13.6 Å². The third kappa shape index (κ3) is 14.5. The first-order chi connectivity index (χ1) is 6.83. The van der Waals surface area contributed by atoms with E-state index in [1.165, 1.54) is 12.8 Å². The molecule has 0 radical (unpaired) electrons. The van der Waals surface area contributed by atoms with Crippen LogP contribution in [0.4, 0.5) is 0 Å². The minimum atomic E-state index is -1.88. The average molecular weight is 670 g/mol. The zero-order valence-corrected chi connectivity index (χ0v) is 19.4. The molecule has 0 saturated heterocycles. The average Bonchev–Trinajstić information content (AvgIpc) is 2.45. The quantitative estimate of drug-likeness (QED) is 0.339. The normalized spacial score (nSPS) is 10.8. The molecule has 7 heteroatoms. The fraction of sp³-hybridized carbons (Fsp3) is 0.625. The van der Waals surface area contributed by atoms with Crippen LogP contribution in [0, 0.1) is 0 Å². The number of imidazole rings is 1. The molecule has 0 spiro atoms. The number of hydrogen-bond donors (Lipinski definition) is 0. The second-order valence-corrected chi connectivity index (χ2v) is 111. The molecule has 88 valence electrons. The van der Waals surface area contributed by atoms with Gasteiger partial charge in [-0.15, -0.1) is 0 Å². The van der Waals surface area contributed by atoms with E-state index in [1.807, 2.05) is 7.05 Å². The molecule has 0 aliphatic heterocycles. The number of unbranched alkanes of at least 4 members (excludes halogenated alkanes) is 1. The van der Waals surface area contributed by atoms with Gasteiger partial charge in [-0.25, -0.2) is 9.13 Å². The molecule has 1 aromatic heterocycles. The van der Waals surface area contributed by atoms with Crippen molar-refractivity contribution in [2.45, 2.75) is 26.3 Å².